The van der Waals surface area contributed by atoms with Crippen molar-refractivity contribution in [1.29, 1.82) is 0 Å². The lowest BCUT2D eigenvalue weighted by atomic mass is 10.1. The molecule has 0 bridgehead atoms. The van der Waals surface area contributed by atoms with Gasteiger partial charge in [0.2, 0.25) is 0 Å². The maximum atomic E-state index is 13.6. The summed E-state index contributed by atoms with van der Waals surface area (Å²) in [5, 5.41) is 3.32. The van der Waals surface area contributed by atoms with Crippen LogP contribution in [-0.2, 0) is 23.1 Å². The Labute approximate surface area is 127 Å². The summed E-state index contributed by atoms with van der Waals surface area (Å²) < 4.78 is 31.4. The zero-order valence-corrected chi connectivity index (χ0v) is 13.3. The van der Waals surface area contributed by atoms with Crippen LogP contribution in [0.1, 0.15) is 32.3 Å². The van der Waals surface area contributed by atoms with Crippen LogP contribution in [-0.4, -0.2) is 9.75 Å². The second-order valence-electron chi connectivity index (χ2n) is 5.89. The van der Waals surface area contributed by atoms with Crippen LogP contribution in [0.4, 0.5) is 4.39 Å². The first kappa shape index (κ1) is 15.9. The number of furan rings is 1. The number of hydrogen-bond acceptors (Lipinski definition) is 3. The Kier molecular flexibility index (Phi) is 4.96. The van der Waals surface area contributed by atoms with Gasteiger partial charge in [-0.25, -0.2) is 4.39 Å². The molecule has 0 fully saturated rings. The van der Waals surface area contributed by atoms with Crippen molar-refractivity contribution in [3.8, 4) is 0 Å². The molecule has 1 aromatic heterocycles. The van der Waals surface area contributed by atoms with Gasteiger partial charge in [-0.05, 0) is 45.0 Å². The molecule has 1 aromatic carbocycles. The smallest absolute Gasteiger partial charge is 0.139 e. The van der Waals surface area contributed by atoms with E-state index in [0.29, 0.717) is 12.3 Å². The summed E-state index contributed by atoms with van der Waals surface area (Å²) in [7, 11) is -1.44. The molecule has 0 aliphatic carbocycles. The maximum absolute atomic E-state index is 13.6. The maximum Gasteiger partial charge on any atom is 0.139 e. The number of hydrogen-bond donors (Lipinski definition) is 1. The molecule has 3 nitrogen and oxygen atoms in total. The third kappa shape index (κ3) is 4.79. The Morgan fingerprint density at radius 1 is 1.14 bits per heavy atom. The van der Waals surface area contributed by atoms with Gasteiger partial charge in [-0.3, -0.25) is 4.21 Å². The van der Waals surface area contributed by atoms with Crippen LogP contribution < -0.4 is 5.32 Å². The average Bonchev–Trinajstić information content (AvgIpc) is 2.83. The lowest BCUT2D eigenvalue weighted by Crippen LogP contribution is -2.34. The minimum absolute atomic E-state index is 0.00292. The molecular weight excluding hydrogens is 289 g/mol. The van der Waals surface area contributed by atoms with Gasteiger partial charge in [-0.15, -0.1) is 0 Å². The lowest BCUT2D eigenvalue weighted by Gasteiger charge is -2.19. The Balaban J connectivity index is 1.99. The fourth-order valence-electron chi connectivity index (χ4n) is 1.78. The monoisotopic (exact) mass is 309 g/mol. The van der Waals surface area contributed by atoms with Gasteiger partial charge in [0.25, 0.3) is 0 Å². The highest BCUT2D eigenvalue weighted by atomic mass is 32.2. The van der Waals surface area contributed by atoms with E-state index in [1.54, 1.807) is 18.2 Å². The van der Waals surface area contributed by atoms with E-state index < -0.39 is 16.6 Å². The van der Waals surface area contributed by atoms with E-state index in [2.05, 4.69) is 26.1 Å². The molecule has 21 heavy (non-hydrogen) atoms. The molecule has 0 aliphatic heterocycles. The van der Waals surface area contributed by atoms with Gasteiger partial charge in [0.15, 0.2) is 0 Å². The standard InChI is InChI=1S/C16H20FNO2S/c1-16(2,3)18-10-12-8-9-13(20-12)11-21(19)15-7-5-4-6-14(15)17/h4-9,18H,10-11H2,1-3H3. The second kappa shape index (κ2) is 6.54. The summed E-state index contributed by atoms with van der Waals surface area (Å²) in [5.74, 6) is 1.11. The Hall–Kier alpha value is -1.46. The second-order valence-corrected chi connectivity index (χ2v) is 7.31. The van der Waals surface area contributed by atoms with Crippen LogP contribution in [0.25, 0.3) is 0 Å². The summed E-state index contributed by atoms with van der Waals surface area (Å²) in [6, 6.07) is 9.76. The Morgan fingerprint density at radius 3 is 2.48 bits per heavy atom. The SMILES string of the molecule is CC(C)(C)NCc1ccc(CS(=O)c2ccccc2F)o1. The van der Waals surface area contributed by atoms with Crippen molar-refractivity contribution in [3.05, 3.63) is 53.7 Å². The average molecular weight is 309 g/mol. The van der Waals surface area contributed by atoms with Gasteiger partial charge in [0, 0.05) is 5.54 Å². The molecule has 5 heteroatoms. The first-order valence-electron chi connectivity index (χ1n) is 6.81. The van der Waals surface area contributed by atoms with E-state index in [9.17, 15) is 8.60 Å². The summed E-state index contributed by atoms with van der Waals surface area (Å²) in [6.07, 6.45) is 0. The topological polar surface area (TPSA) is 42.2 Å². The van der Waals surface area contributed by atoms with E-state index in [0.717, 1.165) is 5.76 Å². The van der Waals surface area contributed by atoms with Crippen molar-refractivity contribution in [2.45, 2.75) is 43.5 Å². The third-order valence-corrected chi connectivity index (χ3v) is 4.23. The molecule has 2 aromatic rings. The van der Waals surface area contributed by atoms with Crippen LogP contribution in [0, 0.1) is 5.82 Å². The van der Waals surface area contributed by atoms with Crippen molar-refractivity contribution in [2.24, 2.45) is 0 Å². The number of benzene rings is 1. The lowest BCUT2D eigenvalue weighted by molar-refractivity contribution is 0.382. The molecule has 0 saturated heterocycles. The molecule has 1 N–H and O–H groups in total. The van der Waals surface area contributed by atoms with Crippen LogP contribution in [0.3, 0.4) is 0 Å². The molecule has 2 rings (SSSR count). The first-order valence-corrected chi connectivity index (χ1v) is 8.12. The molecule has 0 amide bonds. The minimum Gasteiger partial charge on any atom is -0.464 e. The minimum atomic E-state index is -1.44. The van der Waals surface area contributed by atoms with E-state index >= 15 is 0 Å². The summed E-state index contributed by atoms with van der Waals surface area (Å²) in [4.78, 5) is 0.211. The molecule has 1 heterocycles. The van der Waals surface area contributed by atoms with Crippen molar-refractivity contribution in [2.75, 3.05) is 0 Å². The van der Waals surface area contributed by atoms with Gasteiger partial charge >= 0.3 is 0 Å². The van der Waals surface area contributed by atoms with E-state index in [1.165, 1.54) is 12.1 Å². The third-order valence-electron chi connectivity index (χ3n) is 2.87. The van der Waals surface area contributed by atoms with E-state index in [4.69, 9.17) is 4.42 Å². The van der Waals surface area contributed by atoms with Gasteiger partial charge in [0.05, 0.1) is 28.0 Å². The Morgan fingerprint density at radius 2 is 1.81 bits per heavy atom. The summed E-state index contributed by atoms with van der Waals surface area (Å²) >= 11 is 0. The normalized spacial score (nSPS) is 13.3. The van der Waals surface area contributed by atoms with E-state index in [1.807, 2.05) is 6.07 Å². The van der Waals surface area contributed by atoms with Crippen LogP contribution >= 0.6 is 0 Å². The molecule has 1 atom stereocenters. The first-order chi connectivity index (χ1) is 9.85. The number of nitrogens with one attached hydrogen (secondary N) is 1. The molecule has 0 aliphatic rings. The fourth-order valence-corrected chi connectivity index (χ4v) is 2.87. The molecular formula is C16H20FNO2S. The van der Waals surface area contributed by atoms with Crippen molar-refractivity contribution in [1.82, 2.24) is 5.32 Å². The van der Waals surface area contributed by atoms with Crippen molar-refractivity contribution in [3.63, 3.8) is 0 Å². The van der Waals surface area contributed by atoms with Crippen molar-refractivity contribution >= 4 is 10.8 Å². The van der Waals surface area contributed by atoms with Gasteiger partial charge < -0.3 is 9.73 Å². The summed E-state index contributed by atoms with van der Waals surface area (Å²) in [6.45, 7) is 6.83. The quantitative estimate of drug-likeness (QED) is 0.917. The Bertz CT molecular complexity index is 631. The zero-order chi connectivity index (χ0) is 15.5. The van der Waals surface area contributed by atoms with Crippen LogP contribution in [0.5, 0.6) is 0 Å². The number of rotatable bonds is 5. The molecule has 1 unspecified atom stereocenters. The predicted octanol–water partition coefficient (Wildman–Crippen LogP) is 3.61. The van der Waals surface area contributed by atoms with Crippen molar-refractivity contribution < 1.29 is 13.0 Å². The fraction of sp³-hybridized carbons (Fsp3) is 0.375. The van der Waals surface area contributed by atoms with Gasteiger partial charge in [-0.2, -0.15) is 0 Å². The van der Waals surface area contributed by atoms with Crippen LogP contribution in [0.15, 0.2) is 45.7 Å². The van der Waals surface area contributed by atoms with E-state index in [-0.39, 0.29) is 16.2 Å². The highest BCUT2D eigenvalue weighted by Crippen LogP contribution is 2.17. The molecule has 0 radical (unpaired) electrons. The molecule has 0 spiro atoms. The largest absolute Gasteiger partial charge is 0.464 e. The zero-order valence-electron chi connectivity index (χ0n) is 12.5. The number of halogens is 1. The molecule has 0 saturated carbocycles. The van der Waals surface area contributed by atoms with Crippen LogP contribution in [0.2, 0.25) is 0 Å². The van der Waals surface area contributed by atoms with Gasteiger partial charge in [-0.1, -0.05) is 12.1 Å². The predicted molar refractivity (Wildman–Crippen MR) is 81.8 cm³/mol. The highest BCUT2D eigenvalue weighted by molar-refractivity contribution is 7.84. The molecule has 114 valence electrons. The highest BCUT2D eigenvalue weighted by Gasteiger charge is 2.14. The van der Waals surface area contributed by atoms with Gasteiger partial charge in [0.1, 0.15) is 17.3 Å². The summed E-state index contributed by atoms with van der Waals surface area (Å²) in [5.41, 5.74) is 0.00292.